The van der Waals surface area contributed by atoms with Gasteiger partial charge in [-0.2, -0.15) is 11.8 Å². The molecule has 1 fully saturated rings. The molecule has 1 aliphatic rings. The summed E-state index contributed by atoms with van der Waals surface area (Å²) in [6.07, 6.45) is 0. The summed E-state index contributed by atoms with van der Waals surface area (Å²) in [5, 5.41) is 5.77. The van der Waals surface area contributed by atoms with Crippen molar-refractivity contribution in [1.82, 2.24) is 15.2 Å². The van der Waals surface area contributed by atoms with Crippen LogP contribution in [0.4, 0.5) is 4.79 Å². The molecular formula is C17H19N3O2S2. The zero-order valence-corrected chi connectivity index (χ0v) is 15.2. The number of carbonyl (C=O) groups is 2. The molecule has 2 aromatic rings. The maximum atomic E-state index is 12.1. The van der Waals surface area contributed by atoms with Crippen molar-refractivity contribution in [2.75, 3.05) is 12.3 Å². The Morgan fingerprint density at radius 1 is 1.25 bits per heavy atom. The summed E-state index contributed by atoms with van der Waals surface area (Å²) in [6.45, 7) is 3.87. The van der Waals surface area contributed by atoms with E-state index < -0.39 is 5.54 Å². The summed E-state index contributed by atoms with van der Waals surface area (Å²) in [6, 6.07) is 9.80. The molecule has 0 radical (unpaired) electrons. The number of rotatable bonds is 6. The van der Waals surface area contributed by atoms with Gasteiger partial charge in [0.15, 0.2) is 0 Å². The number of nitrogens with zero attached hydrogens (tertiary/aromatic N) is 2. The van der Waals surface area contributed by atoms with E-state index in [1.807, 2.05) is 18.2 Å². The van der Waals surface area contributed by atoms with Crippen LogP contribution in [0.25, 0.3) is 10.6 Å². The maximum Gasteiger partial charge on any atom is 0.325 e. The second-order valence-corrected chi connectivity index (χ2v) is 8.04. The first kappa shape index (κ1) is 17.0. The van der Waals surface area contributed by atoms with Gasteiger partial charge in [-0.1, -0.05) is 30.3 Å². The zero-order valence-electron chi connectivity index (χ0n) is 13.6. The summed E-state index contributed by atoms with van der Waals surface area (Å²) >= 11 is 3.31. The molecule has 0 aliphatic carbocycles. The molecular weight excluding hydrogens is 342 g/mol. The number of hydrogen-bond acceptors (Lipinski definition) is 5. The van der Waals surface area contributed by atoms with Crippen molar-refractivity contribution < 1.29 is 9.59 Å². The average Bonchev–Trinajstić information content (AvgIpc) is 3.10. The highest BCUT2D eigenvalue weighted by Gasteiger charge is 2.43. The highest BCUT2D eigenvalue weighted by Crippen LogP contribution is 2.25. The fraction of sp³-hybridized carbons (Fsp3) is 0.353. The van der Waals surface area contributed by atoms with E-state index in [0.29, 0.717) is 12.3 Å². The smallest absolute Gasteiger partial charge is 0.324 e. The van der Waals surface area contributed by atoms with Crippen molar-refractivity contribution in [3.63, 3.8) is 0 Å². The Morgan fingerprint density at radius 3 is 2.67 bits per heavy atom. The van der Waals surface area contributed by atoms with Gasteiger partial charge in [-0.25, -0.2) is 9.78 Å². The first-order valence-electron chi connectivity index (χ1n) is 7.69. The van der Waals surface area contributed by atoms with E-state index in [2.05, 4.69) is 27.8 Å². The van der Waals surface area contributed by atoms with E-state index >= 15 is 0 Å². The lowest BCUT2D eigenvalue weighted by atomic mass is 10.1. The first-order valence-corrected chi connectivity index (χ1v) is 9.72. The maximum absolute atomic E-state index is 12.1. The van der Waals surface area contributed by atoms with Crippen LogP contribution in [0.2, 0.25) is 0 Å². The summed E-state index contributed by atoms with van der Waals surface area (Å²) in [5.41, 5.74) is 1.36. The van der Waals surface area contributed by atoms with E-state index in [4.69, 9.17) is 0 Å². The van der Waals surface area contributed by atoms with Crippen molar-refractivity contribution in [2.24, 2.45) is 0 Å². The Hall–Kier alpha value is -1.86. The molecule has 126 valence electrons. The lowest BCUT2D eigenvalue weighted by Crippen LogP contribution is -2.40. The predicted octanol–water partition coefficient (Wildman–Crippen LogP) is 3.37. The van der Waals surface area contributed by atoms with Crippen molar-refractivity contribution in [2.45, 2.75) is 25.1 Å². The lowest BCUT2D eigenvalue weighted by Gasteiger charge is -2.15. The van der Waals surface area contributed by atoms with Crippen LogP contribution in [0.3, 0.4) is 0 Å². The number of nitrogens with one attached hydrogen (secondary N) is 1. The van der Waals surface area contributed by atoms with E-state index in [1.165, 1.54) is 4.90 Å². The van der Waals surface area contributed by atoms with E-state index in [1.54, 1.807) is 36.9 Å². The molecule has 1 aromatic carbocycles. The number of imide groups is 1. The molecule has 2 heterocycles. The molecule has 0 atom stereocenters. The molecule has 24 heavy (non-hydrogen) atoms. The van der Waals surface area contributed by atoms with Crippen molar-refractivity contribution in [1.29, 1.82) is 0 Å². The fourth-order valence-corrected chi connectivity index (χ4v) is 4.18. The molecule has 3 amide bonds. The molecule has 0 bridgehead atoms. The number of aromatic nitrogens is 1. The highest BCUT2D eigenvalue weighted by atomic mass is 32.2. The third-order valence-electron chi connectivity index (χ3n) is 3.73. The fourth-order valence-electron chi connectivity index (χ4n) is 2.44. The highest BCUT2D eigenvalue weighted by molar-refractivity contribution is 7.98. The van der Waals surface area contributed by atoms with Gasteiger partial charge >= 0.3 is 6.03 Å². The second-order valence-electron chi connectivity index (χ2n) is 6.07. The van der Waals surface area contributed by atoms with Gasteiger partial charge in [-0.3, -0.25) is 9.69 Å². The van der Waals surface area contributed by atoms with Gasteiger partial charge < -0.3 is 5.32 Å². The number of benzene rings is 1. The molecule has 1 N–H and O–H groups in total. The van der Waals surface area contributed by atoms with Gasteiger partial charge in [0.1, 0.15) is 10.5 Å². The largest absolute Gasteiger partial charge is 0.325 e. The lowest BCUT2D eigenvalue weighted by molar-refractivity contribution is -0.130. The molecule has 7 heteroatoms. The monoisotopic (exact) mass is 361 g/mol. The topological polar surface area (TPSA) is 62.3 Å². The Bertz CT molecular complexity index is 743. The average molecular weight is 361 g/mol. The number of hydrogen-bond donors (Lipinski definition) is 1. The summed E-state index contributed by atoms with van der Waals surface area (Å²) in [4.78, 5) is 29.8. The molecule has 3 rings (SSSR count). The van der Waals surface area contributed by atoms with Crippen LogP contribution < -0.4 is 5.32 Å². The van der Waals surface area contributed by atoms with Gasteiger partial charge in [-0.15, -0.1) is 11.3 Å². The van der Waals surface area contributed by atoms with Crippen molar-refractivity contribution in [3.8, 4) is 10.6 Å². The number of urea groups is 1. The number of amides is 3. The Balaban J connectivity index is 1.49. The van der Waals surface area contributed by atoms with Crippen LogP contribution in [-0.2, 0) is 10.5 Å². The molecule has 0 spiro atoms. The zero-order chi connectivity index (χ0) is 17.2. The Morgan fingerprint density at radius 2 is 2.00 bits per heavy atom. The number of carbonyl (C=O) groups excluding carboxylic acids is 2. The van der Waals surface area contributed by atoms with E-state index in [0.717, 1.165) is 22.0 Å². The van der Waals surface area contributed by atoms with Crippen LogP contribution in [0.15, 0.2) is 35.7 Å². The van der Waals surface area contributed by atoms with Crippen LogP contribution in [0.5, 0.6) is 0 Å². The minimum absolute atomic E-state index is 0.159. The van der Waals surface area contributed by atoms with Crippen LogP contribution >= 0.6 is 23.1 Å². The third-order valence-corrected chi connectivity index (χ3v) is 5.64. The molecule has 1 aromatic heterocycles. The quantitative estimate of drug-likeness (QED) is 0.633. The standard InChI is InChI=1S/C17H19N3O2S2/c1-17(2)15(21)20(16(22)19-17)8-9-23-10-13-11-24-14(18-13)12-6-4-3-5-7-12/h3-7,11H,8-10H2,1-2H3,(H,19,22). The van der Waals surface area contributed by atoms with Crippen LogP contribution in [0.1, 0.15) is 19.5 Å². The van der Waals surface area contributed by atoms with Crippen LogP contribution in [0, 0.1) is 0 Å². The molecule has 0 unspecified atom stereocenters. The van der Waals surface area contributed by atoms with Crippen molar-refractivity contribution >= 4 is 35.0 Å². The Labute approximate surface area is 149 Å². The molecule has 1 saturated heterocycles. The summed E-state index contributed by atoms with van der Waals surface area (Å²) < 4.78 is 0. The van der Waals surface area contributed by atoms with Gasteiger partial charge in [0.25, 0.3) is 5.91 Å². The normalized spacial score (nSPS) is 16.5. The van der Waals surface area contributed by atoms with Gasteiger partial charge in [0, 0.05) is 29.0 Å². The second kappa shape index (κ2) is 6.94. The van der Waals surface area contributed by atoms with E-state index in [-0.39, 0.29) is 11.9 Å². The predicted molar refractivity (Wildman–Crippen MR) is 98.0 cm³/mol. The van der Waals surface area contributed by atoms with Crippen molar-refractivity contribution in [3.05, 3.63) is 41.4 Å². The first-order chi connectivity index (χ1) is 11.5. The van der Waals surface area contributed by atoms with Gasteiger partial charge in [0.2, 0.25) is 0 Å². The number of thioether (sulfide) groups is 1. The summed E-state index contributed by atoms with van der Waals surface area (Å²) in [5.74, 6) is 1.32. The van der Waals surface area contributed by atoms with Gasteiger partial charge in [0.05, 0.1) is 5.69 Å². The summed E-state index contributed by atoms with van der Waals surface area (Å²) in [7, 11) is 0. The SMILES string of the molecule is CC1(C)NC(=O)N(CCSCc2csc(-c3ccccc3)n2)C1=O. The Kier molecular flexibility index (Phi) is 4.91. The third kappa shape index (κ3) is 3.62. The number of thiazole rings is 1. The molecule has 1 aliphatic heterocycles. The van der Waals surface area contributed by atoms with Gasteiger partial charge in [-0.05, 0) is 13.8 Å². The van der Waals surface area contributed by atoms with E-state index in [9.17, 15) is 9.59 Å². The minimum Gasteiger partial charge on any atom is -0.324 e. The molecule has 5 nitrogen and oxygen atoms in total. The molecule has 0 saturated carbocycles. The minimum atomic E-state index is -0.790. The van der Waals surface area contributed by atoms with Crippen LogP contribution in [-0.4, -0.2) is 39.7 Å².